The smallest absolute Gasteiger partial charge is 0.0829 e. The largest absolute Gasteiger partial charge is 0.398 e. The zero-order valence-corrected chi connectivity index (χ0v) is 8.61. The van der Waals surface area contributed by atoms with Crippen molar-refractivity contribution in [3.8, 4) is 0 Å². The van der Waals surface area contributed by atoms with Crippen molar-refractivity contribution in [1.82, 2.24) is 10.6 Å². The van der Waals surface area contributed by atoms with Gasteiger partial charge in [0.2, 0.25) is 0 Å². The highest BCUT2D eigenvalue weighted by Gasteiger charge is 2.23. The van der Waals surface area contributed by atoms with E-state index in [9.17, 15) is 5.11 Å². The number of hydrogen-bond acceptors (Lipinski definition) is 4. The molecular formula is C11H17N3O. The molecule has 1 aromatic carbocycles. The fraction of sp³-hybridized carbons (Fsp3) is 0.455. The number of aliphatic hydroxyl groups excluding tert-OH is 1. The van der Waals surface area contributed by atoms with E-state index in [2.05, 4.69) is 10.6 Å². The second-order valence-corrected chi connectivity index (χ2v) is 3.91. The minimum absolute atomic E-state index is 0.129. The summed E-state index contributed by atoms with van der Waals surface area (Å²) < 4.78 is 0. The lowest BCUT2D eigenvalue weighted by molar-refractivity contribution is 0.162. The molecule has 0 aromatic heterocycles. The first-order chi connectivity index (χ1) is 7.27. The van der Waals surface area contributed by atoms with Crippen LogP contribution in [0.25, 0.3) is 0 Å². The van der Waals surface area contributed by atoms with Gasteiger partial charge in [0, 0.05) is 31.4 Å². The van der Waals surface area contributed by atoms with Gasteiger partial charge in [-0.3, -0.25) is 0 Å². The predicted molar refractivity (Wildman–Crippen MR) is 60.4 cm³/mol. The summed E-state index contributed by atoms with van der Waals surface area (Å²) in [6.07, 6.45) is -0.296. The molecule has 0 unspecified atom stereocenters. The average Bonchev–Trinajstić information content (AvgIpc) is 2.63. The molecule has 4 heteroatoms. The van der Waals surface area contributed by atoms with Crippen molar-refractivity contribution in [3.05, 3.63) is 29.8 Å². The summed E-state index contributed by atoms with van der Waals surface area (Å²) in [5.41, 5.74) is 7.70. The lowest BCUT2D eigenvalue weighted by Gasteiger charge is -2.16. The van der Waals surface area contributed by atoms with Gasteiger partial charge >= 0.3 is 0 Å². The van der Waals surface area contributed by atoms with Gasteiger partial charge in [0.15, 0.2) is 0 Å². The number of rotatable bonds is 3. The van der Waals surface area contributed by atoms with Gasteiger partial charge in [-0.15, -0.1) is 0 Å². The Labute approximate surface area is 89.5 Å². The molecule has 0 aliphatic carbocycles. The van der Waals surface area contributed by atoms with Crippen LogP contribution in [0.5, 0.6) is 0 Å². The fourth-order valence-corrected chi connectivity index (χ4v) is 1.81. The molecule has 1 saturated heterocycles. The van der Waals surface area contributed by atoms with E-state index < -0.39 is 0 Å². The number of nitrogens with one attached hydrogen (secondary N) is 2. The maximum absolute atomic E-state index is 9.58. The Morgan fingerprint density at radius 2 is 2.20 bits per heavy atom. The predicted octanol–water partition coefficient (Wildman–Crippen LogP) is -0.309. The number of β-amino-alcohol motifs (C(OH)–C–C–N with tert-alkyl or cyclic N) is 1. The van der Waals surface area contributed by atoms with E-state index in [4.69, 9.17) is 5.73 Å². The maximum atomic E-state index is 9.58. The molecule has 0 saturated carbocycles. The van der Waals surface area contributed by atoms with E-state index in [1.165, 1.54) is 0 Å². The zero-order chi connectivity index (χ0) is 10.7. The van der Waals surface area contributed by atoms with Crippen LogP contribution in [-0.2, 0) is 6.54 Å². The third kappa shape index (κ3) is 2.47. The Bertz CT molecular complexity index is 329. The first-order valence-electron chi connectivity index (χ1n) is 5.23. The maximum Gasteiger partial charge on any atom is 0.0829 e. The molecule has 2 rings (SSSR count). The number of benzene rings is 1. The van der Waals surface area contributed by atoms with Gasteiger partial charge in [0.1, 0.15) is 0 Å². The second kappa shape index (κ2) is 4.61. The van der Waals surface area contributed by atoms with Crippen molar-refractivity contribution in [2.75, 3.05) is 18.8 Å². The van der Waals surface area contributed by atoms with E-state index in [0.29, 0.717) is 13.1 Å². The lowest BCUT2D eigenvalue weighted by atomic mass is 10.1. The van der Waals surface area contributed by atoms with Crippen LogP contribution < -0.4 is 16.4 Å². The molecular weight excluding hydrogens is 190 g/mol. The van der Waals surface area contributed by atoms with Gasteiger partial charge in [-0.05, 0) is 11.6 Å². The molecule has 1 aromatic rings. The lowest BCUT2D eigenvalue weighted by Crippen LogP contribution is -2.38. The highest BCUT2D eigenvalue weighted by molar-refractivity contribution is 5.46. The van der Waals surface area contributed by atoms with Crippen LogP contribution in [0.1, 0.15) is 5.56 Å². The van der Waals surface area contributed by atoms with Gasteiger partial charge in [-0.1, -0.05) is 18.2 Å². The van der Waals surface area contributed by atoms with E-state index >= 15 is 0 Å². The van der Waals surface area contributed by atoms with Gasteiger partial charge in [-0.25, -0.2) is 0 Å². The molecule has 2 atom stereocenters. The van der Waals surface area contributed by atoms with Crippen LogP contribution in [0, 0.1) is 0 Å². The minimum Gasteiger partial charge on any atom is -0.398 e. The van der Waals surface area contributed by atoms with Crippen LogP contribution >= 0.6 is 0 Å². The fourth-order valence-electron chi connectivity index (χ4n) is 1.81. The van der Waals surface area contributed by atoms with Crippen molar-refractivity contribution in [3.63, 3.8) is 0 Å². The van der Waals surface area contributed by atoms with Crippen molar-refractivity contribution < 1.29 is 5.11 Å². The van der Waals surface area contributed by atoms with Gasteiger partial charge < -0.3 is 21.5 Å². The molecule has 82 valence electrons. The molecule has 4 nitrogen and oxygen atoms in total. The summed E-state index contributed by atoms with van der Waals surface area (Å²) in [5.74, 6) is 0. The summed E-state index contributed by atoms with van der Waals surface area (Å²) >= 11 is 0. The van der Waals surface area contributed by atoms with Crippen LogP contribution in [0.3, 0.4) is 0 Å². The number of nitrogens with two attached hydrogens (primary N) is 1. The molecule has 15 heavy (non-hydrogen) atoms. The van der Waals surface area contributed by atoms with Gasteiger partial charge in [0.05, 0.1) is 6.10 Å². The normalized spacial score (nSPS) is 25.7. The molecule has 5 N–H and O–H groups in total. The van der Waals surface area contributed by atoms with E-state index in [1.54, 1.807) is 0 Å². The third-order valence-corrected chi connectivity index (χ3v) is 2.79. The van der Waals surface area contributed by atoms with Crippen molar-refractivity contribution in [2.24, 2.45) is 0 Å². The first kappa shape index (κ1) is 10.4. The second-order valence-electron chi connectivity index (χ2n) is 3.91. The van der Waals surface area contributed by atoms with E-state index in [0.717, 1.165) is 17.8 Å². The molecule has 1 aliphatic rings. The summed E-state index contributed by atoms with van der Waals surface area (Å²) in [7, 11) is 0. The topological polar surface area (TPSA) is 70.3 Å². The SMILES string of the molecule is Nc1ccccc1CN[C@@H]1CNC[C@H]1O. The molecule has 1 aliphatic heterocycles. The number of hydrogen-bond donors (Lipinski definition) is 4. The quantitative estimate of drug-likeness (QED) is 0.513. The van der Waals surface area contributed by atoms with Crippen LogP contribution in [-0.4, -0.2) is 30.3 Å². The van der Waals surface area contributed by atoms with Crippen LogP contribution in [0.15, 0.2) is 24.3 Å². The van der Waals surface area contributed by atoms with Gasteiger partial charge in [-0.2, -0.15) is 0 Å². The van der Waals surface area contributed by atoms with Crippen molar-refractivity contribution >= 4 is 5.69 Å². The Hall–Kier alpha value is -1.10. The van der Waals surface area contributed by atoms with Crippen molar-refractivity contribution in [2.45, 2.75) is 18.7 Å². The Morgan fingerprint density at radius 1 is 1.40 bits per heavy atom. The highest BCUT2D eigenvalue weighted by atomic mass is 16.3. The zero-order valence-electron chi connectivity index (χ0n) is 8.61. The molecule has 0 radical (unpaired) electrons. The van der Waals surface area contributed by atoms with Crippen LogP contribution in [0.4, 0.5) is 5.69 Å². The number of anilines is 1. The minimum atomic E-state index is -0.296. The van der Waals surface area contributed by atoms with E-state index in [1.807, 2.05) is 24.3 Å². The Balaban J connectivity index is 1.90. The Kier molecular flexibility index (Phi) is 3.20. The molecule has 1 heterocycles. The standard InChI is InChI=1S/C11H17N3O/c12-9-4-2-1-3-8(9)5-14-10-6-13-7-11(10)15/h1-4,10-11,13-15H,5-7,12H2/t10-,11-/m1/s1. The summed E-state index contributed by atoms with van der Waals surface area (Å²) in [4.78, 5) is 0. The first-order valence-corrected chi connectivity index (χ1v) is 5.23. The monoisotopic (exact) mass is 207 g/mol. The van der Waals surface area contributed by atoms with Gasteiger partial charge in [0.25, 0.3) is 0 Å². The summed E-state index contributed by atoms with van der Waals surface area (Å²) in [5, 5.41) is 16.0. The third-order valence-electron chi connectivity index (χ3n) is 2.79. The molecule has 0 bridgehead atoms. The molecule has 0 amide bonds. The molecule has 1 fully saturated rings. The highest BCUT2D eigenvalue weighted by Crippen LogP contribution is 2.10. The van der Waals surface area contributed by atoms with Crippen molar-refractivity contribution in [1.29, 1.82) is 0 Å². The van der Waals surface area contributed by atoms with Crippen LogP contribution in [0.2, 0.25) is 0 Å². The molecule has 0 spiro atoms. The number of aliphatic hydroxyl groups is 1. The number of nitrogen functional groups attached to an aromatic ring is 1. The summed E-state index contributed by atoms with van der Waals surface area (Å²) in [6.45, 7) is 2.19. The number of para-hydroxylation sites is 1. The average molecular weight is 207 g/mol. The Morgan fingerprint density at radius 3 is 2.87 bits per heavy atom. The summed E-state index contributed by atoms with van der Waals surface area (Å²) in [6, 6.07) is 7.91. The van der Waals surface area contributed by atoms with E-state index in [-0.39, 0.29) is 12.1 Å².